The Morgan fingerprint density at radius 1 is 1.32 bits per heavy atom. The number of benzene rings is 1. The number of methoxy groups -OCH3 is 1. The van der Waals surface area contributed by atoms with Gasteiger partial charge in [0.15, 0.2) is 0 Å². The molecule has 1 amide bonds. The molecule has 2 N–H and O–H groups in total. The van der Waals surface area contributed by atoms with Crippen LogP contribution in [0.1, 0.15) is 31.2 Å². The van der Waals surface area contributed by atoms with Crippen LogP contribution in [0, 0.1) is 11.8 Å². The average Bonchev–Trinajstić information content (AvgIpc) is 3.02. The van der Waals surface area contributed by atoms with Gasteiger partial charge >= 0.3 is 5.97 Å². The zero-order valence-electron chi connectivity index (χ0n) is 12.9. The zero-order valence-corrected chi connectivity index (χ0v) is 12.9. The lowest BCUT2D eigenvalue weighted by Gasteiger charge is -2.11. The highest BCUT2D eigenvalue weighted by atomic mass is 16.5. The van der Waals surface area contributed by atoms with Gasteiger partial charge in [-0.2, -0.15) is 0 Å². The molecule has 1 aromatic carbocycles. The number of nitrogens with one attached hydrogen (secondary N) is 1. The Bertz CT molecular complexity index is 529. The van der Waals surface area contributed by atoms with Crippen molar-refractivity contribution in [2.45, 2.75) is 32.1 Å². The lowest BCUT2D eigenvalue weighted by molar-refractivity contribution is -0.141. The third-order valence-electron chi connectivity index (χ3n) is 4.23. The SMILES string of the molecule is COc1cccc(CCCNC(=O)[C@H]2CC[C@@H](C(=O)O)C2)c1. The molecule has 1 aliphatic rings. The van der Waals surface area contributed by atoms with Gasteiger partial charge in [-0.1, -0.05) is 12.1 Å². The summed E-state index contributed by atoms with van der Waals surface area (Å²) < 4.78 is 5.18. The highest BCUT2D eigenvalue weighted by Gasteiger charge is 2.33. The number of rotatable bonds is 7. The third-order valence-corrected chi connectivity index (χ3v) is 4.23. The van der Waals surface area contributed by atoms with E-state index in [0.717, 1.165) is 18.6 Å². The zero-order chi connectivity index (χ0) is 15.9. The number of carboxylic acids is 1. The molecule has 0 bridgehead atoms. The molecule has 1 saturated carbocycles. The van der Waals surface area contributed by atoms with Crippen LogP contribution in [0.4, 0.5) is 0 Å². The summed E-state index contributed by atoms with van der Waals surface area (Å²) in [4.78, 5) is 22.9. The second kappa shape index (κ2) is 7.82. The van der Waals surface area contributed by atoms with Crippen LogP contribution >= 0.6 is 0 Å². The van der Waals surface area contributed by atoms with Gasteiger partial charge in [-0.15, -0.1) is 0 Å². The summed E-state index contributed by atoms with van der Waals surface area (Å²) in [6.45, 7) is 0.615. The number of ether oxygens (including phenoxy) is 1. The van der Waals surface area contributed by atoms with Gasteiger partial charge in [0, 0.05) is 12.5 Å². The van der Waals surface area contributed by atoms with Crippen molar-refractivity contribution in [3.05, 3.63) is 29.8 Å². The van der Waals surface area contributed by atoms with Crippen molar-refractivity contribution >= 4 is 11.9 Å². The summed E-state index contributed by atoms with van der Waals surface area (Å²) in [5.74, 6) is -0.444. The predicted octanol–water partition coefficient (Wildman–Crippen LogP) is 2.24. The Labute approximate surface area is 130 Å². The molecule has 22 heavy (non-hydrogen) atoms. The summed E-state index contributed by atoms with van der Waals surface area (Å²) in [6.07, 6.45) is 3.49. The van der Waals surface area contributed by atoms with Crippen LogP contribution in [0.15, 0.2) is 24.3 Å². The maximum Gasteiger partial charge on any atom is 0.306 e. The summed E-state index contributed by atoms with van der Waals surface area (Å²) >= 11 is 0. The Balaban J connectivity index is 1.68. The van der Waals surface area contributed by atoms with Crippen molar-refractivity contribution in [3.8, 4) is 5.75 Å². The Kier molecular flexibility index (Phi) is 5.81. The van der Waals surface area contributed by atoms with Crippen LogP contribution in [-0.2, 0) is 16.0 Å². The normalized spacial score (nSPS) is 20.6. The molecule has 0 aromatic heterocycles. The van der Waals surface area contributed by atoms with E-state index in [2.05, 4.69) is 5.32 Å². The first kappa shape index (κ1) is 16.3. The molecule has 0 aliphatic heterocycles. The van der Waals surface area contributed by atoms with Crippen molar-refractivity contribution in [3.63, 3.8) is 0 Å². The van der Waals surface area contributed by atoms with E-state index in [0.29, 0.717) is 25.8 Å². The fourth-order valence-corrected chi connectivity index (χ4v) is 2.92. The quantitative estimate of drug-likeness (QED) is 0.758. The highest BCUT2D eigenvalue weighted by molar-refractivity contribution is 5.80. The lowest BCUT2D eigenvalue weighted by Crippen LogP contribution is -2.30. The molecule has 1 aromatic rings. The van der Waals surface area contributed by atoms with E-state index in [-0.39, 0.29) is 17.7 Å². The molecule has 0 radical (unpaired) electrons. The molecule has 0 heterocycles. The number of aryl methyl sites for hydroxylation is 1. The number of aliphatic carboxylic acids is 1. The first-order chi connectivity index (χ1) is 10.6. The number of carbonyl (C=O) groups excluding carboxylic acids is 1. The number of hydrogen-bond donors (Lipinski definition) is 2. The van der Waals surface area contributed by atoms with E-state index in [1.807, 2.05) is 24.3 Å². The van der Waals surface area contributed by atoms with Crippen molar-refractivity contribution in [2.75, 3.05) is 13.7 Å². The molecule has 0 saturated heterocycles. The average molecular weight is 305 g/mol. The molecule has 0 spiro atoms. The fraction of sp³-hybridized carbons (Fsp3) is 0.529. The third kappa shape index (κ3) is 4.48. The first-order valence-electron chi connectivity index (χ1n) is 7.73. The number of hydrogen-bond acceptors (Lipinski definition) is 3. The Hall–Kier alpha value is -2.04. The predicted molar refractivity (Wildman–Crippen MR) is 82.8 cm³/mol. The van der Waals surface area contributed by atoms with Gasteiger partial charge in [0.05, 0.1) is 13.0 Å². The van der Waals surface area contributed by atoms with Gasteiger partial charge in [-0.25, -0.2) is 0 Å². The molecule has 2 atom stereocenters. The molecular weight excluding hydrogens is 282 g/mol. The van der Waals surface area contributed by atoms with Crippen LogP contribution < -0.4 is 10.1 Å². The largest absolute Gasteiger partial charge is 0.497 e. The summed E-state index contributed by atoms with van der Waals surface area (Å²) in [6, 6.07) is 7.90. The highest BCUT2D eigenvalue weighted by Crippen LogP contribution is 2.31. The van der Waals surface area contributed by atoms with Gasteiger partial charge in [-0.05, 0) is 49.8 Å². The van der Waals surface area contributed by atoms with Crippen LogP contribution in [-0.4, -0.2) is 30.6 Å². The standard InChI is InChI=1S/C17H23NO4/c1-22-15-6-2-4-12(10-15)5-3-9-18-16(19)13-7-8-14(11-13)17(20)21/h2,4,6,10,13-14H,3,5,7-9,11H2,1H3,(H,18,19)(H,20,21)/t13-,14+/m0/s1. The molecule has 1 aliphatic carbocycles. The topological polar surface area (TPSA) is 75.6 Å². The van der Waals surface area contributed by atoms with Gasteiger partial charge < -0.3 is 15.2 Å². The smallest absolute Gasteiger partial charge is 0.306 e. The van der Waals surface area contributed by atoms with Crippen LogP contribution in [0.5, 0.6) is 5.75 Å². The molecule has 2 rings (SSSR count). The second-order valence-electron chi connectivity index (χ2n) is 5.79. The molecule has 0 unspecified atom stereocenters. The fourth-order valence-electron chi connectivity index (χ4n) is 2.92. The maximum atomic E-state index is 12.0. The minimum absolute atomic E-state index is 0.00519. The van der Waals surface area contributed by atoms with E-state index < -0.39 is 5.97 Å². The Morgan fingerprint density at radius 3 is 2.77 bits per heavy atom. The van der Waals surface area contributed by atoms with E-state index in [4.69, 9.17) is 9.84 Å². The van der Waals surface area contributed by atoms with E-state index in [1.54, 1.807) is 7.11 Å². The van der Waals surface area contributed by atoms with Crippen molar-refractivity contribution in [1.82, 2.24) is 5.32 Å². The molecule has 120 valence electrons. The van der Waals surface area contributed by atoms with Gasteiger partial charge in [0.1, 0.15) is 5.75 Å². The van der Waals surface area contributed by atoms with Crippen molar-refractivity contribution < 1.29 is 19.4 Å². The van der Waals surface area contributed by atoms with Gasteiger partial charge in [0.25, 0.3) is 0 Å². The van der Waals surface area contributed by atoms with Gasteiger partial charge in [0.2, 0.25) is 5.91 Å². The minimum atomic E-state index is -0.784. The number of amides is 1. The minimum Gasteiger partial charge on any atom is -0.497 e. The van der Waals surface area contributed by atoms with Crippen LogP contribution in [0.2, 0.25) is 0 Å². The monoisotopic (exact) mass is 305 g/mol. The maximum absolute atomic E-state index is 12.0. The van der Waals surface area contributed by atoms with Crippen LogP contribution in [0.3, 0.4) is 0 Å². The van der Waals surface area contributed by atoms with E-state index in [9.17, 15) is 9.59 Å². The van der Waals surface area contributed by atoms with Gasteiger partial charge in [-0.3, -0.25) is 9.59 Å². The van der Waals surface area contributed by atoms with Crippen LogP contribution in [0.25, 0.3) is 0 Å². The molecule has 5 heteroatoms. The summed E-state index contributed by atoms with van der Waals surface area (Å²) in [5.41, 5.74) is 1.18. The second-order valence-corrected chi connectivity index (χ2v) is 5.79. The summed E-state index contributed by atoms with van der Waals surface area (Å²) in [7, 11) is 1.64. The molecule has 5 nitrogen and oxygen atoms in total. The van der Waals surface area contributed by atoms with Crippen molar-refractivity contribution in [2.24, 2.45) is 11.8 Å². The molecular formula is C17H23NO4. The number of carboxylic acid groups (broad SMARTS) is 1. The first-order valence-corrected chi connectivity index (χ1v) is 7.73. The number of carbonyl (C=O) groups is 2. The lowest BCUT2D eigenvalue weighted by atomic mass is 10.0. The Morgan fingerprint density at radius 2 is 2.09 bits per heavy atom. The molecule has 1 fully saturated rings. The van der Waals surface area contributed by atoms with Crippen molar-refractivity contribution in [1.29, 1.82) is 0 Å². The summed E-state index contributed by atoms with van der Waals surface area (Å²) in [5, 5.41) is 11.9. The van der Waals surface area contributed by atoms with E-state index >= 15 is 0 Å². The van der Waals surface area contributed by atoms with E-state index in [1.165, 1.54) is 5.56 Å².